The minimum absolute atomic E-state index is 0.486. The highest BCUT2D eigenvalue weighted by Crippen LogP contribution is 2.40. The lowest BCUT2D eigenvalue weighted by Gasteiger charge is -2.13. The summed E-state index contributed by atoms with van der Waals surface area (Å²) in [6.45, 7) is 7.68. The molecule has 0 unspecified atom stereocenters. The van der Waals surface area contributed by atoms with Crippen molar-refractivity contribution in [2.24, 2.45) is 9.98 Å². The maximum absolute atomic E-state index is 10.8. The normalized spacial score (nSPS) is 9.82. The molecule has 0 bridgehead atoms. The van der Waals surface area contributed by atoms with Crippen LogP contribution in [0.1, 0.15) is 22.3 Å². The second-order valence-corrected chi connectivity index (χ2v) is 5.35. The SMILES string of the molecule is Cc1cc(C)cc(-c2cc(C)c(N=C=O)c(C)c2N=C=O)c1. The van der Waals surface area contributed by atoms with Gasteiger partial charge in [-0.1, -0.05) is 29.3 Å². The van der Waals surface area contributed by atoms with Crippen LogP contribution < -0.4 is 0 Å². The Bertz CT molecular complexity index is 820. The molecular formula is C18H16N2O2. The lowest BCUT2D eigenvalue weighted by molar-refractivity contribution is 0.565. The van der Waals surface area contributed by atoms with Crippen molar-refractivity contribution in [3.63, 3.8) is 0 Å². The maximum atomic E-state index is 10.8. The van der Waals surface area contributed by atoms with Gasteiger partial charge >= 0.3 is 0 Å². The van der Waals surface area contributed by atoms with E-state index < -0.39 is 0 Å². The van der Waals surface area contributed by atoms with E-state index in [2.05, 4.69) is 16.1 Å². The quantitative estimate of drug-likeness (QED) is 0.616. The number of benzene rings is 2. The van der Waals surface area contributed by atoms with Crippen LogP contribution in [0.5, 0.6) is 0 Å². The average molecular weight is 292 g/mol. The maximum Gasteiger partial charge on any atom is 0.240 e. The first-order valence-electron chi connectivity index (χ1n) is 6.86. The fourth-order valence-corrected chi connectivity index (χ4v) is 2.72. The van der Waals surface area contributed by atoms with Gasteiger partial charge in [0.1, 0.15) is 0 Å². The Labute approximate surface area is 129 Å². The van der Waals surface area contributed by atoms with Gasteiger partial charge in [0.05, 0.1) is 11.4 Å². The van der Waals surface area contributed by atoms with Crippen LogP contribution in [0, 0.1) is 27.7 Å². The van der Waals surface area contributed by atoms with Crippen molar-refractivity contribution >= 4 is 23.5 Å². The summed E-state index contributed by atoms with van der Waals surface area (Å²) < 4.78 is 0. The number of carbonyl (C=O) groups excluding carboxylic acids is 2. The Kier molecular flexibility index (Phi) is 4.47. The largest absolute Gasteiger partial charge is 0.240 e. The van der Waals surface area contributed by atoms with Gasteiger partial charge in [-0.15, -0.1) is 0 Å². The Hall–Kier alpha value is -2.80. The lowest BCUT2D eigenvalue weighted by Crippen LogP contribution is -1.89. The number of nitrogens with zero attached hydrogens (tertiary/aromatic N) is 2. The van der Waals surface area contributed by atoms with Crippen LogP contribution in [0.2, 0.25) is 0 Å². The zero-order valence-corrected chi connectivity index (χ0v) is 13.0. The Balaban J connectivity index is 2.86. The van der Waals surface area contributed by atoms with E-state index in [4.69, 9.17) is 0 Å². The topological polar surface area (TPSA) is 58.9 Å². The van der Waals surface area contributed by atoms with Crippen molar-refractivity contribution in [1.82, 2.24) is 0 Å². The molecule has 0 aliphatic rings. The van der Waals surface area contributed by atoms with Gasteiger partial charge in [0, 0.05) is 11.1 Å². The van der Waals surface area contributed by atoms with Gasteiger partial charge in [-0.25, -0.2) is 9.59 Å². The third-order valence-corrected chi connectivity index (χ3v) is 3.55. The van der Waals surface area contributed by atoms with E-state index in [1.165, 1.54) is 0 Å². The monoisotopic (exact) mass is 292 g/mol. The number of hydrogen-bond acceptors (Lipinski definition) is 4. The van der Waals surface area contributed by atoms with E-state index >= 15 is 0 Å². The number of aliphatic imine (C=N–C) groups is 2. The molecule has 2 rings (SSSR count). The van der Waals surface area contributed by atoms with Crippen LogP contribution in [0.25, 0.3) is 11.1 Å². The van der Waals surface area contributed by atoms with E-state index in [0.29, 0.717) is 16.9 Å². The third kappa shape index (κ3) is 2.94. The number of isocyanates is 2. The first-order chi connectivity index (χ1) is 10.5. The van der Waals surface area contributed by atoms with E-state index in [0.717, 1.165) is 27.8 Å². The van der Waals surface area contributed by atoms with Gasteiger partial charge < -0.3 is 0 Å². The third-order valence-electron chi connectivity index (χ3n) is 3.55. The van der Waals surface area contributed by atoms with Gasteiger partial charge in [0.25, 0.3) is 0 Å². The molecule has 4 nitrogen and oxygen atoms in total. The molecule has 2 aromatic rings. The highest BCUT2D eigenvalue weighted by Gasteiger charge is 2.15. The molecule has 0 aliphatic heterocycles. The van der Waals surface area contributed by atoms with E-state index in [1.54, 1.807) is 19.1 Å². The average Bonchev–Trinajstić information content (AvgIpc) is 2.45. The Morgan fingerprint density at radius 3 is 1.86 bits per heavy atom. The molecule has 0 aromatic heterocycles. The first kappa shape index (κ1) is 15.6. The summed E-state index contributed by atoms with van der Waals surface area (Å²) >= 11 is 0. The molecule has 110 valence electrons. The number of rotatable bonds is 3. The molecule has 0 fully saturated rings. The summed E-state index contributed by atoms with van der Waals surface area (Å²) in [6.07, 6.45) is 3.14. The van der Waals surface area contributed by atoms with Crippen molar-refractivity contribution in [3.05, 3.63) is 46.5 Å². The summed E-state index contributed by atoms with van der Waals surface area (Å²) in [5.74, 6) is 0. The molecule has 0 aliphatic carbocycles. The molecule has 4 heteroatoms. The molecule has 22 heavy (non-hydrogen) atoms. The van der Waals surface area contributed by atoms with Crippen molar-refractivity contribution in [2.75, 3.05) is 0 Å². The fraction of sp³-hybridized carbons (Fsp3) is 0.222. The van der Waals surface area contributed by atoms with Crippen LogP contribution in [-0.2, 0) is 9.59 Å². The molecule has 0 amide bonds. The highest BCUT2D eigenvalue weighted by atomic mass is 16.1. The molecule has 0 saturated heterocycles. The van der Waals surface area contributed by atoms with Crippen molar-refractivity contribution in [1.29, 1.82) is 0 Å². The smallest absolute Gasteiger partial charge is 0.211 e. The molecular weight excluding hydrogens is 276 g/mol. The zero-order valence-electron chi connectivity index (χ0n) is 13.0. The second kappa shape index (κ2) is 6.31. The van der Waals surface area contributed by atoms with E-state index in [-0.39, 0.29) is 0 Å². The predicted molar refractivity (Wildman–Crippen MR) is 86.4 cm³/mol. The molecule has 0 atom stereocenters. The molecule has 0 N–H and O–H groups in total. The van der Waals surface area contributed by atoms with Crippen LogP contribution in [0.3, 0.4) is 0 Å². The Morgan fingerprint density at radius 1 is 0.773 bits per heavy atom. The Morgan fingerprint density at radius 2 is 1.32 bits per heavy atom. The second-order valence-electron chi connectivity index (χ2n) is 5.35. The summed E-state index contributed by atoms with van der Waals surface area (Å²) in [5, 5.41) is 0. The van der Waals surface area contributed by atoms with Crippen molar-refractivity contribution in [3.8, 4) is 11.1 Å². The highest BCUT2D eigenvalue weighted by molar-refractivity contribution is 5.85. The van der Waals surface area contributed by atoms with Crippen LogP contribution in [0.4, 0.5) is 11.4 Å². The van der Waals surface area contributed by atoms with Gasteiger partial charge in [0.15, 0.2) is 0 Å². The number of hydrogen-bond donors (Lipinski definition) is 0. The van der Waals surface area contributed by atoms with Crippen LogP contribution >= 0.6 is 0 Å². The molecule has 2 aromatic carbocycles. The summed E-state index contributed by atoms with van der Waals surface area (Å²) in [4.78, 5) is 28.9. The minimum Gasteiger partial charge on any atom is -0.211 e. The zero-order chi connectivity index (χ0) is 16.3. The van der Waals surface area contributed by atoms with Gasteiger partial charge in [0.2, 0.25) is 12.2 Å². The first-order valence-corrected chi connectivity index (χ1v) is 6.86. The molecule has 0 saturated carbocycles. The number of aryl methyl sites for hydroxylation is 3. The van der Waals surface area contributed by atoms with E-state index in [9.17, 15) is 9.59 Å². The summed E-state index contributed by atoms with van der Waals surface area (Å²) in [5.41, 5.74) is 6.54. The predicted octanol–water partition coefficient (Wildman–Crippen LogP) is 4.52. The molecule has 0 heterocycles. The van der Waals surface area contributed by atoms with Gasteiger partial charge in [-0.05, 0) is 44.9 Å². The van der Waals surface area contributed by atoms with Crippen molar-refractivity contribution < 1.29 is 9.59 Å². The molecule has 0 spiro atoms. The van der Waals surface area contributed by atoms with Crippen LogP contribution in [0.15, 0.2) is 34.3 Å². The van der Waals surface area contributed by atoms with Crippen LogP contribution in [-0.4, -0.2) is 12.2 Å². The summed E-state index contributed by atoms with van der Waals surface area (Å²) in [7, 11) is 0. The fourth-order valence-electron chi connectivity index (χ4n) is 2.72. The van der Waals surface area contributed by atoms with Crippen molar-refractivity contribution in [2.45, 2.75) is 27.7 Å². The molecule has 0 radical (unpaired) electrons. The standard InChI is InChI=1S/C18H16N2O2/c1-11-5-12(2)7-15(6-11)16-8-13(3)17(19-9-21)14(4)18(16)20-10-22/h5-8H,1-4H3. The lowest BCUT2D eigenvalue weighted by atomic mass is 9.94. The van der Waals surface area contributed by atoms with E-state index in [1.807, 2.05) is 39.0 Å². The minimum atomic E-state index is 0.486. The van der Waals surface area contributed by atoms with Gasteiger partial charge in [-0.2, -0.15) is 9.98 Å². The van der Waals surface area contributed by atoms with Gasteiger partial charge in [-0.3, -0.25) is 0 Å². The summed E-state index contributed by atoms with van der Waals surface area (Å²) in [6, 6.07) is 8.03.